The maximum absolute atomic E-state index is 12.1. The number of alkyl halides is 2. The van der Waals surface area contributed by atoms with Crippen LogP contribution in [0.15, 0.2) is 30.0 Å². The lowest BCUT2D eigenvalue weighted by Gasteiger charge is -2.10. The quantitative estimate of drug-likeness (QED) is 0.852. The van der Waals surface area contributed by atoms with Gasteiger partial charge in [0.1, 0.15) is 23.5 Å². The van der Waals surface area contributed by atoms with Crippen LogP contribution in [-0.4, -0.2) is 6.61 Å². The van der Waals surface area contributed by atoms with E-state index in [1.165, 1.54) is 18.2 Å². The fourth-order valence-corrected chi connectivity index (χ4v) is 1.23. The van der Waals surface area contributed by atoms with E-state index in [1.807, 2.05) is 0 Å². The molecule has 1 aromatic carbocycles. The molecule has 92 valence electrons. The number of rotatable bonds is 4. The van der Waals surface area contributed by atoms with E-state index in [1.54, 1.807) is 12.1 Å². The van der Waals surface area contributed by atoms with Gasteiger partial charge in [0.25, 0.3) is 0 Å². The van der Waals surface area contributed by atoms with E-state index in [2.05, 4.69) is 10.1 Å². The zero-order valence-corrected chi connectivity index (χ0v) is 9.58. The minimum absolute atomic E-state index is 0.130. The molecule has 0 atom stereocenters. The Morgan fingerprint density at radius 3 is 2.61 bits per heavy atom. The Morgan fingerprint density at radius 2 is 2.06 bits per heavy atom. The third-order valence-corrected chi connectivity index (χ3v) is 2.01. The zero-order valence-electron chi connectivity index (χ0n) is 8.82. The number of nitrogens with zero attached hydrogens (tertiary/aromatic N) is 2. The lowest BCUT2D eigenvalue weighted by Crippen LogP contribution is -2.04. The Bertz CT molecular complexity index is 530. The number of halogens is 3. The van der Waals surface area contributed by atoms with Gasteiger partial charge in [-0.3, -0.25) is 0 Å². The van der Waals surface area contributed by atoms with Gasteiger partial charge in [-0.2, -0.15) is 19.3 Å². The normalized spacial score (nSPS) is 9.22. The summed E-state index contributed by atoms with van der Waals surface area (Å²) in [4.78, 5) is 0. The largest absolute Gasteiger partial charge is 0.433 e. The molecule has 1 rings (SSSR count). The fourth-order valence-electron chi connectivity index (χ4n) is 1.05. The minimum Gasteiger partial charge on any atom is -0.433 e. The summed E-state index contributed by atoms with van der Waals surface area (Å²) in [6.45, 7) is -2.98. The molecule has 0 unspecified atom stereocenters. The molecule has 18 heavy (non-hydrogen) atoms. The van der Waals surface area contributed by atoms with Gasteiger partial charge < -0.3 is 10.1 Å². The van der Waals surface area contributed by atoms with Gasteiger partial charge in [0, 0.05) is 11.2 Å². The van der Waals surface area contributed by atoms with E-state index >= 15 is 0 Å². The lowest BCUT2D eigenvalue weighted by atomic mass is 10.3. The summed E-state index contributed by atoms with van der Waals surface area (Å²) in [5, 5.41) is 19.8. The maximum Gasteiger partial charge on any atom is 0.387 e. The number of nitriles is 2. The number of hydrogen-bond acceptors (Lipinski definition) is 4. The zero-order chi connectivity index (χ0) is 13.5. The predicted octanol–water partition coefficient (Wildman–Crippen LogP) is 3.28. The molecule has 0 aliphatic carbocycles. The van der Waals surface area contributed by atoms with Crippen LogP contribution in [0.25, 0.3) is 0 Å². The predicted molar refractivity (Wildman–Crippen MR) is 61.0 cm³/mol. The van der Waals surface area contributed by atoms with Crippen molar-refractivity contribution in [2.75, 3.05) is 5.32 Å². The Hall–Kier alpha value is -2.31. The number of anilines is 1. The lowest BCUT2D eigenvalue weighted by molar-refractivity contribution is -0.0493. The summed E-state index contributed by atoms with van der Waals surface area (Å²) in [6, 6.07) is 7.19. The highest BCUT2D eigenvalue weighted by Crippen LogP contribution is 2.29. The van der Waals surface area contributed by atoms with Gasteiger partial charge in [-0.05, 0) is 18.2 Å². The molecule has 0 saturated heterocycles. The van der Waals surface area contributed by atoms with E-state index < -0.39 is 6.61 Å². The Balaban J connectivity index is 3.00. The summed E-state index contributed by atoms with van der Waals surface area (Å²) in [7, 11) is 0. The second-order valence-electron chi connectivity index (χ2n) is 2.94. The summed E-state index contributed by atoms with van der Waals surface area (Å²) in [5.74, 6) is -0.138. The molecular formula is C11H6ClF2N3O. The van der Waals surface area contributed by atoms with Crippen molar-refractivity contribution in [1.82, 2.24) is 0 Å². The van der Waals surface area contributed by atoms with E-state index in [-0.39, 0.29) is 17.0 Å². The van der Waals surface area contributed by atoms with Crippen molar-refractivity contribution in [3.05, 3.63) is 35.0 Å². The van der Waals surface area contributed by atoms with Crippen LogP contribution in [0.5, 0.6) is 5.75 Å². The molecule has 0 amide bonds. The molecule has 1 N–H and O–H groups in total. The van der Waals surface area contributed by atoms with Gasteiger partial charge in [-0.25, -0.2) is 0 Å². The summed E-state index contributed by atoms with van der Waals surface area (Å²) < 4.78 is 28.5. The van der Waals surface area contributed by atoms with E-state index in [9.17, 15) is 8.78 Å². The topological polar surface area (TPSA) is 68.8 Å². The highest BCUT2D eigenvalue weighted by atomic mass is 35.5. The number of nitrogens with one attached hydrogen (secondary N) is 1. The van der Waals surface area contributed by atoms with Crippen molar-refractivity contribution >= 4 is 17.3 Å². The molecule has 0 aliphatic heterocycles. The monoisotopic (exact) mass is 269 g/mol. The Kier molecular flexibility index (Phi) is 4.91. The van der Waals surface area contributed by atoms with Gasteiger partial charge in [0.2, 0.25) is 0 Å². The fraction of sp³-hybridized carbons (Fsp3) is 0.0909. The number of allylic oxidation sites excluding steroid dienone is 1. The van der Waals surface area contributed by atoms with Gasteiger partial charge >= 0.3 is 6.61 Å². The second-order valence-corrected chi connectivity index (χ2v) is 3.38. The molecule has 1 aromatic rings. The maximum atomic E-state index is 12.1. The van der Waals surface area contributed by atoms with Crippen molar-refractivity contribution in [3.63, 3.8) is 0 Å². The highest BCUT2D eigenvalue weighted by Gasteiger charge is 2.09. The molecule has 0 radical (unpaired) electrons. The van der Waals surface area contributed by atoms with E-state index in [0.29, 0.717) is 5.02 Å². The molecule has 0 aromatic heterocycles. The van der Waals surface area contributed by atoms with Gasteiger partial charge in [0.05, 0.1) is 5.69 Å². The molecule has 0 heterocycles. The molecule has 0 fully saturated rings. The number of benzene rings is 1. The molecule has 0 aliphatic rings. The number of hydrogen-bond donors (Lipinski definition) is 1. The average molecular weight is 270 g/mol. The minimum atomic E-state index is -2.98. The van der Waals surface area contributed by atoms with Crippen molar-refractivity contribution < 1.29 is 13.5 Å². The van der Waals surface area contributed by atoms with Crippen LogP contribution < -0.4 is 10.1 Å². The average Bonchev–Trinajstić information content (AvgIpc) is 2.33. The molecule has 0 spiro atoms. The summed E-state index contributed by atoms with van der Waals surface area (Å²) in [6.07, 6.45) is 1.07. The first kappa shape index (κ1) is 13.8. The van der Waals surface area contributed by atoms with Gasteiger partial charge in [-0.15, -0.1) is 0 Å². The molecule has 4 nitrogen and oxygen atoms in total. The molecule has 7 heteroatoms. The van der Waals surface area contributed by atoms with Crippen molar-refractivity contribution in [1.29, 1.82) is 10.5 Å². The van der Waals surface area contributed by atoms with Gasteiger partial charge in [0.15, 0.2) is 0 Å². The van der Waals surface area contributed by atoms with E-state index in [0.717, 1.165) is 6.20 Å². The standard InChI is InChI=1S/C11H6ClF2N3O/c12-8-1-2-10(18-11(13)14)9(3-8)17-6-7(4-15)5-16/h1-3,6,11,17H. The van der Waals surface area contributed by atoms with Crippen LogP contribution in [0.2, 0.25) is 5.02 Å². The van der Waals surface area contributed by atoms with Crippen LogP contribution in [0, 0.1) is 22.7 Å². The van der Waals surface area contributed by atoms with Crippen molar-refractivity contribution in [2.24, 2.45) is 0 Å². The Labute approximate surface area is 107 Å². The second kappa shape index (κ2) is 6.43. The third kappa shape index (κ3) is 3.93. The SMILES string of the molecule is N#CC(C#N)=CNc1cc(Cl)ccc1OC(F)F. The van der Waals surface area contributed by atoms with Crippen molar-refractivity contribution in [2.45, 2.75) is 6.61 Å². The van der Waals surface area contributed by atoms with Crippen LogP contribution >= 0.6 is 11.6 Å². The summed E-state index contributed by atoms with van der Waals surface area (Å²) in [5.41, 5.74) is -0.0798. The molecule has 0 saturated carbocycles. The third-order valence-electron chi connectivity index (χ3n) is 1.77. The van der Waals surface area contributed by atoms with Crippen LogP contribution in [0.4, 0.5) is 14.5 Å². The first-order chi connectivity index (χ1) is 8.56. The molecule has 0 bridgehead atoms. The van der Waals surface area contributed by atoms with E-state index in [4.69, 9.17) is 22.1 Å². The first-order valence-corrected chi connectivity index (χ1v) is 4.96. The smallest absolute Gasteiger partial charge is 0.387 e. The van der Waals surface area contributed by atoms with Crippen LogP contribution in [-0.2, 0) is 0 Å². The first-order valence-electron chi connectivity index (χ1n) is 4.58. The summed E-state index contributed by atoms with van der Waals surface area (Å²) >= 11 is 5.70. The molecular weight excluding hydrogens is 264 g/mol. The van der Waals surface area contributed by atoms with Crippen molar-refractivity contribution in [3.8, 4) is 17.9 Å². The van der Waals surface area contributed by atoms with Crippen LogP contribution in [0.1, 0.15) is 0 Å². The number of ether oxygens (including phenoxy) is 1. The van der Waals surface area contributed by atoms with Crippen LogP contribution in [0.3, 0.4) is 0 Å². The Morgan fingerprint density at radius 1 is 1.39 bits per heavy atom. The van der Waals surface area contributed by atoms with Gasteiger partial charge in [-0.1, -0.05) is 11.6 Å². The highest BCUT2D eigenvalue weighted by molar-refractivity contribution is 6.30.